The number of imidazole rings is 1. The molecule has 2 aromatic heterocycles. The van der Waals surface area contributed by atoms with E-state index in [1.54, 1.807) is 18.2 Å². The molecule has 1 N–H and O–H groups in total. The minimum absolute atomic E-state index is 0.0326. The summed E-state index contributed by atoms with van der Waals surface area (Å²) in [5.41, 5.74) is -0.0770. The molecule has 2 unspecified atom stereocenters. The third-order valence-electron chi connectivity index (χ3n) is 6.33. The summed E-state index contributed by atoms with van der Waals surface area (Å²) in [7, 11) is 0. The molecule has 2 aliphatic rings. The number of rotatable bonds is 4. The highest BCUT2D eigenvalue weighted by atomic mass is 19.4. The SMILES string of the molecule is O=C1C(C2CC2)C(c2c(F)cc(-n3ncc(C(F)(F)F)n3)cc2F)N1c1ccc2nc[nH]c2c1. The number of hydrogen-bond acceptors (Lipinski definition) is 4. The Kier molecular flexibility index (Phi) is 4.32. The van der Waals surface area contributed by atoms with Crippen LogP contribution < -0.4 is 4.90 Å². The van der Waals surface area contributed by atoms with Crippen LogP contribution in [-0.2, 0) is 11.0 Å². The summed E-state index contributed by atoms with van der Waals surface area (Å²) in [4.78, 5) is 22.0. The number of fused-ring (bicyclic) bond motifs is 1. The summed E-state index contributed by atoms with van der Waals surface area (Å²) >= 11 is 0. The van der Waals surface area contributed by atoms with Gasteiger partial charge >= 0.3 is 6.18 Å². The van der Waals surface area contributed by atoms with Crippen molar-refractivity contribution in [2.24, 2.45) is 11.8 Å². The van der Waals surface area contributed by atoms with Gasteiger partial charge in [-0.3, -0.25) is 4.79 Å². The van der Waals surface area contributed by atoms with Crippen molar-refractivity contribution >= 4 is 22.6 Å². The number of halogens is 5. The maximum atomic E-state index is 15.3. The number of nitrogens with one attached hydrogen (secondary N) is 1. The molecule has 0 spiro atoms. The van der Waals surface area contributed by atoms with Gasteiger partial charge in [-0.05, 0) is 37.0 Å². The summed E-state index contributed by atoms with van der Waals surface area (Å²) in [6.45, 7) is 0. The maximum Gasteiger partial charge on any atom is 0.436 e. The molecule has 6 rings (SSSR count). The summed E-state index contributed by atoms with van der Waals surface area (Å²) in [5.74, 6) is -2.75. The first-order valence-corrected chi connectivity index (χ1v) is 10.5. The van der Waals surface area contributed by atoms with Crippen LogP contribution in [-0.4, -0.2) is 30.9 Å². The Hall–Kier alpha value is -3.83. The van der Waals surface area contributed by atoms with Crippen molar-refractivity contribution in [1.82, 2.24) is 25.0 Å². The number of amides is 1. The number of β-lactam (4-membered cyclic amide) rings is 1. The molecule has 2 fully saturated rings. The molecule has 3 heterocycles. The average molecular weight is 474 g/mol. The topological polar surface area (TPSA) is 79.7 Å². The van der Waals surface area contributed by atoms with Crippen LogP contribution in [0.1, 0.15) is 30.1 Å². The van der Waals surface area contributed by atoms with Crippen molar-refractivity contribution in [3.05, 3.63) is 65.7 Å². The number of H-pyrrole nitrogens is 1. The van der Waals surface area contributed by atoms with Gasteiger partial charge in [-0.25, -0.2) is 13.8 Å². The van der Waals surface area contributed by atoms with E-state index in [-0.39, 0.29) is 23.1 Å². The molecule has 4 aromatic rings. The molecule has 174 valence electrons. The number of carbonyl (C=O) groups is 1. The lowest BCUT2D eigenvalue weighted by Gasteiger charge is -2.48. The van der Waals surface area contributed by atoms with Gasteiger partial charge in [-0.15, -0.1) is 5.10 Å². The molecule has 1 amide bonds. The van der Waals surface area contributed by atoms with Gasteiger partial charge in [0.15, 0.2) is 5.69 Å². The van der Waals surface area contributed by atoms with E-state index in [0.29, 0.717) is 27.7 Å². The predicted octanol–water partition coefficient (Wildman–Crippen LogP) is 4.55. The first-order chi connectivity index (χ1) is 16.2. The molecule has 1 aliphatic carbocycles. The number of anilines is 1. The van der Waals surface area contributed by atoms with E-state index in [1.807, 2.05) is 0 Å². The Labute approximate surface area is 188 Å². The molecular formula is C22H15F5N6O. The number of carbonyl (C=O) groups excluding carboxylic acids is 1. The predicted molar refractivity (Wildman–Crippen MR) is 109 cm³/mol. The largest absolute Gasteiger partial charge is 0.436 e. The van der Waals surface area contributed by atoms with Gasteiger partial charge < -0.3 is 9.88 Å². The summed E-state index contributed by atoms with van der Waals surface area (Å²) in [5, 5.41) is 6.74. The fourth-order valence-corrected chi connectivity index (χ4v) is 4.58. The van der Waals surface area contributed by atoms with Crippen LogP contribution in [0.3, 0.4) is 0 Å². The quantitative estimate of drug-likeness (QED) is 0.348. The van der Waals surface area contributed by atoms with Crippen molar-refractivity contribution in [2.45, 2.75) is 25.1 Å². The second-order valence-corrected chi connectivity index (χ2v) is 8.46. The normalized spacial score (nSPS) is 20.7. The van der Waals surface area contributed by atoms with Gasteiger partial charge in [0.05, 0.1) is 41.2 Å². The van der Waals surface area contributed by atoms with Gasteiger partial charge in [-0.1, -0.05) is 0 Å². The highest BCUT2D eigenvalue weighted by Crippen LogP contribution is 2.55. The van der Waals surface area contributed by atoms with Crippen LogP contribution in [0.4, 0.5) is 27.6 Å². The average Bonchev–Trinajstić information content (AvgIpc) is 3.26. The van der Waals surface area contributed by atoms with E-state index in [2.05, 4.69) is 20.2 Å². The molecule has 2 aromatic carbocycles. The number of alkyl halides is 3. The van der Waals surface area contributed by atoms with Crippen LogP contribution in [0, 0.1) is 23.5 Å². The smallest absolute Gasteiger partial charge is 0.345 e. The van der Waals surface area contributed by atoms with Crippen molar-refractivity contribution in [2.75, 3.05) is 4.90 Å². The highest BCUT2D eigenvalue weighted by Gasteiger charge is 2.56. The zero-order chi connectivity index (χ0) is 23.8. The van der Waals surface area contributed by atoms with E-state index < -0.39 is 35.5 Å². The van der Waals surface area contributed by atoms with Gasteiger partial charge in [0.2, 0.25) is 5.91 Å². The lowest BCUT2D eigenvalue weighted by atomic mass is 9.78. The number of aromatic amines is 1. The van der Waals surface area contributed by atoms with Crippen molar-refractivity contribution in [3.8, 4) is 5.69 Å². The van der Waals surface area contributed by atoms with Crippen molar-refractivity contribution < 1.29 is 26.7 Å². The fraction of sp³-hybridized carbons (Fsp3) is 0.273. The number of nitrogens with zero attached hydrogens (tertiary/aromatic N) is 5. The zero-order valence-electron chi connectivity index (χ0n) is 17.2. The van der Waals surface area contributed by atoms with Gasteiger partial charge in [0, 0.05) is 23.4 Å². The standard InChI is InChI=1S/C22H15F5N6O/c23-13-5-12(33-30-8-17(31-33)22(25,26)27)6-14(24)19(13)20-18(10-1-2-10)21(34)32(20)11-3-4-15-16(7-11)29-9-28-15/h3-10,18,20H,1-2H2,(H,28,29). The van der Waals surface area contributed by atoms with Crippen LogP contribution in [0.15, 0.2) is 42.9 Å². The van der Waals surface area contributed by atoms with Crippen LogP contribution in [0.25, 0.3) is 16.7 Å². The van der Waals surface area contributed by atoms with Crippen LogP contribution >= 0.6 is 0 Å². The Bertz CT molecular complexity index is 1420. The van der Waals surface area contributed by atoms with Gasteiger partial charge in [-0.2, -0.15) is 23.1 Å². The first kappa shape index (κ1) is 20.8. The highest BCUT2D eigenvalue weighted by molar-refractivity contribution is 6.04. The summed E-state index contributed by atoms with van der Waals surface area (Å²) < 4.78 is 69.1. The minimum Gasteiger partial charge on any atom is -0.345 e. The van der Waals surface area contributed by atoms with E-state index in [4.69, 9.17) is 0 Å². The molecule has 1 aliphatic heterocycles. The van der Waals surface area contributed by atoms with E-state index >= 15 is 8.78 Å². The lowest BCUT2D eigenvalue weighted by molar-refractivity contribution is -0.141. The molecule has 34 heavy (non-hydrogen) atoms. The molecule has 0 radical (unpaired) electrons. The molecular weight excluding hydrogens is 459 g/mol. The Morgan fingerprint density at radius 1 is 1.03 bits per heavy atom. The summed E-state index contributed by atoms with van der Waals surface area (Å²) in [6.07, 6.45) is -1.18. The number of hydrogen-bond donors (Lipinski definition) is 1. The zero-order valence-corrected chi connectivity index (χ0v) is 17.2. The van der Waals surface area contributed by atoms with Crippen LogP contribution in [0.2, 0.25) is 0 Å². The monoisotopic (exact) mass is 474 g/mol. The maximum absolute atomic E-state index is 15.3. The van der Waals surface area contributed by atoms with Crippen molar-refractivity contribution in [1.29, 1.82) is 0 Å². The molecule has 2 atom stereocenters. The van der Waals surface area contributed by atoms with E-state index in [9.17, 15) is 18.0 Å². The molecule has 1 saturated carbocycles. The Morgan fingerprint density at radius 3 is 2.41 bits per heavy atom. The second-order valence-electron chi connectivity index (χ2n) is 8.46. The fourth-order valence-electron chi connectivity index (χ4n) is 4.58. The van der Waals surface area contributed by atoms with Crippen molar-refractivity contribution in [3.63, 3.8) is 0 Å². The van der Waals surface area contributed by atoms with Gasteiger partial charge in [0.1, 0.15) is 11.6 Å². The number of aromatic nitrogens is 5. The summed E-state index contributed by atoms with van der Waals surface area (Å²) in [6, 6.07) is 5.92. The first-order valence-electron chi connectivity index (χ1n) is 10.5. The molecule has 7 nitrogen and oxygen atoms in total. The van der Waals surface area contributed by atoms with Gasteiger partial charge in [0.25, 0.3) is 0 Å². The minimum atomic E-state index is -4.74. The molecule has 1 saturated heterocycles. The van der Waals surface area contributed by atoms with Crippen LogP contribution in [0.5, 0.6) is 0 Å². The Balaban J connectivity index is 1.41. The lowest BCUT2D eigenvalue weighted by Crippen LogP contribution is -2.56. The molecule has 0 bridgehead atoms. The third-order valence-corrected chi connectivity index (χ3v) is 6.33. The van der Waals surface area contributed by atoms with E-state index in [1.165, 1.54) is 11.2 Å². The molecule has 12 heteroatoms. The number of benzene rings is 2. The second kappa shape index (κ2) is 7.08. The third kappa shape index (κ3) is 3.16. The Morgan fingerprint density at radius 2 is 1.76 bits per heavy atom. The van der Waals surface area contributed by atoms with E-state index in [0.717, 1.165) is 25.0 Å².